The first-order valence-electron chi connectivity index (χ1n) is 18.1. The summed E-state index contributed by atoms with van der Waals surface area (Å²) in [5, 5.41) is 12.8. The maximum absolute atomic E-state index is 14.1. The van der Waals surface area contributed by atoms with Crippen LogP contribution in [-0.2, 0) is 11.2 Å². The zero-order valence-electron chi connectivity index (χ0n) is 28.7. The third-order valence-corrected chi connectivity index (χ3v) is 15.2. The van der Waals surface area contributed by atoms with Gasteiger partial charge in [-0.05, 0) is 139 Å². The number of carboxylic acid groups (broad SMARTS) is 1. The number of pyridine rings is 1. The molecular weight excluding hydrogens is 568 g/mol. The number of fused-ring (bicyclic) bond motifs is 7. The molecule has 5 aliphatic rings. The lowest BCUT2D eigenvalue weighted by Crippen LogP contribution is -2.65. The highest BCUT2D eigenvalue weighted by atomic mass is 16.4. The highest BCUT2D eigenvalue weighted by Gasteiger charge is 2.70. The van der Waals surface area contributed by atoms with E-state index in [0.29, 0.717) is 41.7 Å². The summed E-state index contributed by atoms with van der Waals surface area (Å²) in [6.45, 7) is 13.5. The summed E-state index contributed by atoms with van der Waals surface area (Å²) in [5.41, 5.74) is 4.49. The summed E-state index contributed by atoms with van der Waals surface area (Å²) in [5.74, 6) is 1.79. The normalized spacial score (nSPS) is 39.2. The van der Waals surface area contributed by atoms with Crippen molar-refractivity contribution >= 4 is 17.4 Å². The highest BCUT2D eigenvalue weighted by molar-refractivity contribution is 5.88. The lowest BCUT2D eigenvalue weighted by atomic mass is 9.32. The minimum atomic E-state index is -0.870. The SMILES string of the molecule is CC1(C)C(c2ccc(C(=O)O)cc2)=CC[C@]2(C)[C@H]3CC[C@@H]4[C@H]5CCC[C@]5(C(=O)NCCc5ccccn5)CC[C@@]4(C)[C@]3(C)CC[C@@H]12. The molecule has 4 fully saturated rings. The molecule has 5 heteroatoms. The van der Waals surface area contributed by atoms with Crippen LogP contribution >= 0.6 is 0 Å². The van der Waals surface area contributed by atoms with E-state index in [4.69, 9.17) is 0 Å². The van der Waals surface area contributed by atoms with Gasteiger partial charge in [0.05, 0.1) is 11.0 Å². The summed E-state index contributed by atoms with van der Waals surface area (Å²) in [6, 6.07) is 13.6. The van der Waals surface area contributed by atoms with Crippen molar-refractivity contribution in [1.82, 2.24) is 10.3 Å². The van der Waals surface area contributed by atoms with Crippen molar-refractivity contribution in [2.45, 2.75) is 105 Å². The van der Waals surface area contributed by atoms with E-state index < -0.39 is 5.97 Å². The Hall–Kier alpha value is -2.95. The minimum absolute atomic E-state index is 0.0113. The number of benzene rings is 1. The number of hydrogen-bond acceptors (Lipinski definition) is 3. The average Bonchev–Trinajstić information content (AvgIpc) is 3.47. The number of nitrogens with zero attached hydrogens (tertiary/aromatic N) is 1. The predicted molar refractivity (Wildman–Crippen MR) is 183 cm³/mol. The molecule has 1 amide bonds. The number of aromatic carboxylic acids is 1. The van der Waals surface area contributed by atoms with Crippen LogP contribution < -0.4 is 5.32 Å². The highest BCUT2D eigenvalue weighted by Crippen LogP contribution is 2.77. The lowest BCUT2D eigenvalue weighted by molar-refractivity contribution is -0.222. The Morgan fingerprint density at radius 3 is 2.35 bits per heavy atom. The molecule has 0 radical (unpaired) electrons. The molecule has 5 nitrogen and oxygen atoms in total. The summed E-state index contributed by atoms with van der Waals surface area (Å²) in [6.07, 6.45) is 16.9. The molecule has 46 heavy (non-hydrogen) atoms. The molecule has 1 heterocycles. The van der Waals surface area contributed by atoms with Gasteiger partial charge in [-0.1, -0.05) is 65.3 Å². The number of aromatic nitrogens is 1. The quantitative estimate of drug-likeness (QED) is 0.337. The number of nitrogens with one attached hydrogen (secondary N) is 1. The topological polar surface area (TPSA) is 79.3 Å². The number of carbonyl (C=O) groups excluding carboxylic acids is 1. The molecule has 1 aromatic heterocycles. The van der Waals surface area contributed by atoms with Crippen LogP contribution in [-0.4, -0.2) is 28.5 Å². The standard InChI is InChI=1S/C41H54N2O3/c1-37(2)30(27-11-13-28(14-12-27)35(44)45)17-21-38(3)33(37)18-22-40(5)34(38)16-15-31-32-10-8-20-41(32,24-23-39(31,40)4)36(46)43-26-19-29-9-6-7-25-42-29/h6-7,9,11-14,17,25,31-34H,8,10,15-16,18-24,26H2,1-5H3,(H,43,46)(H,44,45)/t31-,32-,33+,34-,38+,39-,40-,41+/m1/s1. The van der Waals surface area contributed by atoms with Gasteiger partial charge in [0.2, 0.25) is 5.91 Å². The van der Waals surface area contributed by atoms with Crippen molar-refractivity contribution in [2.75, 3.05) is 6.54 Å². The molecule has 5 aliphatic carbocycles. The Balaban J connectivity index is 1.13. The van der Waals surface area contributed by atoms with Gasteiger partial charge in [0.1, 0.15) is 0 Å². The maximum atomic E-state index is 14.1. The predicted octanol–water partition coefficient (Wildman–Crippen LogP) is 8.99. The van der Waals surface area contributed by atoms with Crippen LogP contribution in [0.25, 0.3) is 5.57 Å². The molecule has 8 atom stereocenters. The van der Waals surface area contributed by atoms with Crippen LogP contribution in [0, 0.1) is 50.7 Å². The van der Waals surface area contributed by atoms with Crippen molar-refractivity contribution in [3.63, 3.8) is 0 Å². The van der Waals surface area contributed by atoms with Gasteiger partial charge < -0.3 is 10.4 Å². The fourth-order valence-electron chi connectivity index (χ4n) is 12.9. The smallest absolute Gasteiger partial charge is 0.335 e. The zero-order valence-corrected chi connectivity index (χ0v) is 28.7. The van der Waals surface area contributed by atoms with E-state index in [1.165, 1.54) is 49.7 Å². The summed E-state index contributed by atoms with van der Waals surface area (Å²) < 4.78 is 0. The molecule has 0 unspecified atom stereocenters. The van der Waals surface area contributed by atoms with Crippen molar-refractivity contribution in [3.8, 4) is 0 Å². The van der Waals surface area contributed by atoms with Crippen molar-refractivity contribution < 1.29 is 14.7 Å². The van der Waals surface area contributed by atoms with E-state index in [1.807, 2.05) is 36.5 Å². The molecule has 0 saturated heterocycles. The number of amides is 1. The van der Waals surface area contributed by atoms with Gasteiger partial charge in [0.25, 0.3) is 0 Å². The molecule has 7 rings (SSSR count). The number of carboxylic acids is 1. The monoisotopic (exact) mass is 622 g/mol. The van der Waals surface area contributed by atoms with Gasteiger partial charge in [-0.2, -0.15) is 0 Å². The molecule has 2 aromatic rings. The van der Waals surface area contributed by atoms with Crippen molar-refractivity contribution in [2.24, 2.45) is 50.7 Å². The van der Waals surface area contributed by atoms with Gasteiger partial charge in [-0.15, -0.1) is 0 Å². The Morgan fingerprint density at radius 2 is 1.63 bits per heavy atom. The first kappa shape index (κ1) is 31.6. The molecule has 0 spiro atoms. The molecule has 0 bridgehead atoms. The fraction of sp³-hybridized carbons (Fsp3) is 0.634. The number of hydrogen-bond donors (Lipinski definition) is 2. The fourth-order valence-corrected chi connectivity index (χ4v) is 12.9. The lowest BCUT2D eigenvalue weighted by Gasteiger charge is -2.72. The number of rotatable bonds is 6. The largest absolute Gasteiger partial charge is 0.478 e. The van der Waals surface area contributed by atoms with Crippen LogP contribution in [0.15, 0.2) is 54.7 Å². The summed E-state index contributed by atoms with van der Waals surface area (Å²) in [7, 11) is 0. The Morgan fingerprint density at radius 1 is 0.848 bits per heavy atom. The minimum Gasteiger partial charge on any atom is -0.478 e. The molecule has 246 valence electrons. The van der Waals surface area contributed by atoms with E-state index in [1.54, 1.807) is 12.1 Å². The summed E-state index contributed by atoms with van der Waals surface area (Å²) in [4.78, 5) is 30.0. The second-order valence-electron chi connectivity index (χ2n) is 17.1. The van der Waals surface area contributed by atoms with E-state index in [9.17, 15) is 14.7 Å². The van der Waals surface area contributed by atoms with Crippen LogP contribution in [0.5, 0.6) is 0 Å². The summed E-state index contributed by atoms with van der Waals surface area (Å²) >= 11 is 0. The third-order valence-electron chi connectivity index (χ3n) is 15.2. The van der Waals surface area contributed by atoms with Gasteiger partial charge in [0, 0.05) is 24.9 Å². The van der Waals surface area contributed by atoms with E-state index >= 15 is 0 Å². The van der Waals surface area contributed by atoms with E-state index in [0.717, 1.165) is 37.8 Å². The number of carbonyl (C=O) groups is 2. The van der Waals surface area contributed by atoms with Crippen LogP contribution in [0.4, 0.5) is 0 Å². The second-order valence-corrected chi connectivity index (χ2v) is 17.1. The van der Waals surface area contributed by atoms with E-state index in [2.05, 4.69) is 51.0 Å². The van der Waals surface area contributed by atoms with Gasteiger partial charge >= 0.3 is 5.97 Å². The Labute approximate surface area is 276 Å². The Kier molecular flexibility index (Phi) is 7.61. The molecular formula is C41H54N2O3. The first-order valence-corrected chi connectivity index (χ1v) is 18.1. The van der Waals surface area contributed by atoms with Gasteiger partial charge in [0.15, 0.2) is 0 Å². The van der Waals surface area contributed by atoms with Crippen molar-refractivity contribution in [1.29, 1.82) is 0 Å². The third kappa shape index (κ3) is 4.49. The van der Waals surface area contributed by atoms with E-state index in [-0.39, 0.29) is 27.1 Å². The molecule has 0 aliphatic heterocycles. The second kappa shape index (κ2) is 11.1. The van der Waals surface area contributed by atoms with Crippen LogP contribution in [0.3, 0.4) is 0 Å². The van der Waals surface area contributed by atoms with Crippen LogP contribution in [0.2, 0.25) is 0 Å². The molecule has 1 aromatic carbocycles. The van der Waals surface area contributed by atoms with Gasteiger partial charge in [-0.3, -0.25) is 9.78 Å². The zero-order chi connectivity index (χ0) is 32.5. The first-order chi connectivity index (χ1) is 21.9. The average molecular weight is 623 g/mol. The maximum Gasteiger partial charge on any atom is 0.335 e. The van der Waals surface area contributed by atoms with Gasteiger partial charge in [-0.25, -0.2) is 4.79 Å². The number of allylic oxidation sites excluding steroid dienone is 2. The molecule has 2 N–H and O–H groups in total. The Bertz CT molecular complexity index is 1530. The van der Waals surface area contributed by atoms with Crippen molar-refractivity contribution in [3.05, 3.63) is 71.6 Å². The molecule has 4 saturated carbocycles. The van der Waals surface area contributed by atoms with Crippen LogP contribution in [0.1, 0.15) is 120 Å².